The van der Waals surface area contributed by atoms with Gasteiger partial charge in [-0.15, -0.1) is 0 Å². The van der Waals surface area contributed by atoms with Crippen molar-refractivity contribution in [2.45, 2.75) is 45.4 Å². The average Bonchev–Trinajstić information content (AvgIpc) is 2.64. The molecule has 2 aromatic rings. The van der Waals surface area contributed by atoms with E-state index in [0.717, 1.165) is 12.1 Å². The zero-order valence-electron chi connectivity index (χ0n) is 17.2. The van der Waals surface area contributed by atoms with Crippen LogP contribution in [0, 0.1) is 11.6 Å². The van der Waals surface area contributed by atoms with Gasteiger partial charge in [0.25, 0.3) is 5.91 Å². The molecule has 2 rings (SSSR count). The topological polar surface area (TPSA) is 84.5 Å². The lowest BCUT2D eigenvalue weighted by molar-refractivity contribution is -0.159. The number of carbonyl (C=O) groups excluding carboxylic acids is 3. The van der Waals surface area contributed by atoms with E-state index in [0.29, 0.717) is 11.6 Å². The molecule has 2 aromatic carbocycles. The van der Waals surface area contributed by atoms with Crippen molar-refractivity contribution in [3.8, 4) is 0 Å². The quantitative estimate of drug-likeness (QED) is 0.705. The lowest BCUT2D eigenvalue weighted by atomic mass is 10.1. The minimum atomic E-state index is -1.09. The van der Waals surface area contributed by atoms with Crippen LogP contribution in [0.4, 0.5) is 8.78 Å². The molecule has 0 unspecified atom stereocenters. The molecule has 160 valence electrons. The summed E-state index contributed by atoms with van der Waals surface area (Å²) >= 11 is 0. The van der Waals surface area contributed by atoms with E-state index < -0.39 is 47.1 Å². The zero-order chi connectivity index (χ0) is 22.5. The molecular formula is C22H24F2N2O4. The minimum Gasteiger partial charge on any atom is -0.458 e. The van der Waals surface area contributed by atoms with E-state index in [9.17, 15) is 23.2 Å². The number of hydrogen-bond donors (Lipinski definition) is 2. The van der Waals surface area contributed by atoms with Crippen LogP contribution in [0.15, 0.2) is 48.5 Å². The molecule has 2 amide bonds. The molecule has 0 aliphatic carbocycles. The molecule has 0 saturated carbocycles. The van der Waals surface area contributed by atoms with Crippen molar-refractivity contribution in [2.24, 2.45) is 0 Å². The van der Waals surface area contributed by atoms with Gasteiger partial charge < -0.3 is 15.4 Å². The Kier molecular flexibility index (Phi) is 7.26. The van der Waals surface area contributed by atoms with E-state index in [4.69, 9.17) is 4.74 Å². The molecule has 6 nitrogen and oxygen atoms in total. The normalized spacial score (nSPS) is 13.1. The van der Waals surface area contributed by atoms with Gasteiger partial charge in [-0.3, -0.25) is 9.59 Å². The first-order chi connectivity index (χ1) is 14.0. The maximum atomic E-state index is 13.3. The molecule has 30 heavy (non-hydrogen) atoms. The molecule has 0 fully saturated rings. The fourth-order valence-electron chi connectivity index (χ4n) is 2.58. The van der Waals surface area contributed by atoms with E-state index >= 15 is 0 Å². The molecule has 2 atom stereocenters. The van der Waals surface area contributed by atoms with Gasteiger partial charge >= 0.3 is 5.97 Å². The summed E-state index contributed by atoms with van der Waals surface area (Å²) in [7, 11) is 0. The van der Waals surface area contributed by atoms with Crippen LogP contribution < -0.4 is 10.6 Å². The fourth-order valence-corrected chi connectivity index (χ4v) is 2.58. The Bertz CT molecular complexity index is 906. The lowest BCUT2D eigenvalue weighted by Crippen LogP contribution is -2.48. The maximum absolute atomic E-state index is 13.3. The molecule has 0 radical (unpaired) electrons. The zero-order valence-corrected chi connectivity index (χ0v) is 17.2. The standard InChI is InChI=1S/C22H24F2N2O4/c1-13(25-20(28)15-10-16(23)12-17(24)11-15)19(27)26-18(14-8-6-5-7-9-14)21(29)30-22(2,3)4/h5-13,18H,1-4H3,(H,25,28)(H,26,27)/t13-,18-/m0/s1. The smallest absolute Gasteiger partial charge is 0.333 e. The highest BCUT2D eigenvalue weighted by Crippen LogP contribution is 2.19. The first kappa shape index (κ1) is 23.0. The van der Waals surface area contributed by atoms with E-state index in [2.05, 4.69) is 10.6 Å². The van der Waals surface area contributed by atoms with Crippen LogP contribution in [0.1, 0.15) is 49.7 Å². The largest absolute Gasteiger partial charge is 0.458 e. The molecule has 0 heterocycles. The van der Waals surface area contributed by atoms with Crippen molar-refractivity contribution in [1.82, 2.24) is 10.6 Å². The summed E-state index contributed by atoms with van der Waals surface area (Å²) in [6.45, 7) is 6.50. The monoisotopic (exact) mass is 418 g/mol. The molecular weight excluding hydrogens is 394 g/mol. The first-order valence-electron chi connectivity index (χ1n) is 9.31. The number of rotatable bonds is 6. The molecule has 8 heteroatoms. The van der Waals surface area contributed by atoms with Gasteiger partial charge in [-0.25, -0.2) is 13.6 Å². The number of nitrogens with one attached hydrogen (secondary N) is 2. The van der Waals surface area contributed by atoms with E-state index in [1.807, 2.05) is 0 Å². The first-order valence-corrected chi connectivity index (χ1v) is 9.31. The Morgan fingerprint density at radius 2 is 1.50 bits per heavy atom. The summed E-state index contributed by atoms with van der Waals surface area (Å²) in [6.07, 6.45) is 0. The molecule has 0 spiro atoms. The van der Waals surface area contributed by atoms with Crippen LogP contribution in [-0.4, -0.2) is 29.4 Å². The van der Waals surface area contributed by atoms with E-state index in [1.54, 1.807) is 51.1 Å². The Morgan fingerprint density at radius 3 is 2.03 bits per heavy atom. The van der Waals surface area contributed by atoms with Crippen LogP contribution in [-0.2, 0) is 14.3 Å². The highest BCUT2D eigenvalue weighted by molar-refractivity contribution is 5.98. The maximum Gasteiger partial charge on any atom is 0.333 e. The van der Waals surface area contributed by atoms with Crippen LogP contribution in [0.5, 0.6) is 0 Å². The minimum absolute atomic E-state index is 0.265. The summed E-state index contributed by atoms with van der Waals surface area (Å²) in [5.74, 6) is -3.98. The average molecular weight is 418 g/mol. The van der Waals surface area contributed by atoms with Gasteiger partial charge in [-0.1, -0.05) is 30.3 Å². The van der Waals surface area contributed by atoms with Crippen molar-refractivity contribution < 1.29 is 27.9 Å². The van der Waals surface area contributed by atoms with Gasteiger partial charge in [-0.05, 0) is 45.4 Å². The van der Waals surface area contributed by atoms with Crippen molar-refractivity contribution in [3.05, 3.63) is 71.3 Å². The third-order valence-electron chi connectivity index (χ3n) is 3.93. The van der Waals surface area contributed by atoms with E-state index in [-0.39, 0.29) is 5.56 Å². The number of ether oxygens (including phenoxy) is 1. The van der Waals surface area contributed by atoms with Crippen molar-refractivity contribution in [3.63, 3.8) is 0 Å². The number of amides is 2. The van der Waals surface area contributed by atoms with Gasteiger partial charge in [0, 0.05) is 11.6 Å². The highest BCUT2D eigenvalue weighted by atomic mass is 19.1. The highest BCUT2D eigenvalue weighted by Gasteiger charge is 2.30. The Morgan fingerprint density at radius 1 is 0.933 bits per heavy atom. The SMILES string of the molecule is C[C@H](NC(=O)c1cc(F)cc(F)c1)C(=O)N[C@H](C(=O)OC(C)(C)C)c1ccccc1. The fraction of sp³-hybridized carbons (Fsp3) is 0.318. The number of hydrogen-bond acceptors (Lipinski definition) is 4. The summed E-state index contributed by atoms with van der Waals surface area (Å²) < 4.78 is 32.0. The molecule has 0 bridgehead atoms. The summed E-state index contributed by atoms with van der Waals surface area (Å²) in [6, 6.07) is 8.68. The Labute approximate surface area is 173 Å². The van der Waals surface area contributed by atoms with E-state index in [1.165, 1.54) is 6.92 Å². The second kappa shape index (κ2) is 9.47. The van der Waals surface area contributed by atoms with Gasteiger partial charge in [0.05, 0.1) is 0 Å². The Balaban J connectivity index is 2.14. The lowest BCUT2D eigenvalue weighted by Gasteiger charge is -2.26. The Hall–Kier alpha value is -3.29. The number of halogens is 2. The van der Waals surface area contributed by atoms with Crippen molar-refractivity contribution in [1.29, 1.82) is 0 Å². The second-order valence-electron chi connectivity index (χ2n) is 7.74. The third-order valence-corrected chi connectivity index (χ3v) is 3.93. The van der Waals surface area contributed by atoms with Crippen LogP contribution in [0.25, 0.3) is 0 Å². The number of carbonyl (C=O) groups is 3. The summed E-state index contributed by atoms with van der Waals surface area (Å²) in [4.78, 5) is 37.5. The second-order valence-corrected chi connectivity index (χ2v) is 7.74. The van der Waals surface area contributed by atoms with Crippen molar-refractivity contribution in [2.75, 3.05) is 0 Å². The van der Waals surface area contributed by atoms with Crippen LogP contribution in [0.3, 0.4) is 0 Å². The number of benzene rings is 2. The van der Waals surface area contributed by atoms with Crippen LogP contribution in [0.2, 0.25) is 0 Å². The summed E-state index contributed by atoms with van der Waals surface area (Å²) in [5, 5.41) is 4.92. The summed E-state index contributed by atoms with van der Waals surface area (Å²) in [5.41, 5.74) is -0.527. The molecule has 0 aliphatic rings. The molecule has 0 aromatic heterocycles. The van der Waals surface area contributed by atoms with Gasteiger partial charge in [-0.2, -0.15) is 0 Å². The predicted octanol–water partition coefficient (Wildman–Crippen LogP) is 3.28. The van der Waals surface area contributed by atoms with Gasteiger partial charge in [0.1, 0.15) is 23.3 Å². The third kappa shape index (κ3) is 6.65. The number of esters is 1. The molecule has 2 N–H and O–H groups in total. The van der Waals surface area contributed by atoms with Crippen LogP contribution >= 0.6 is 0 Å². The van der Waals surface area contributed by atoms with Gasteiger partial charge in [0.2, 0.25) is 5.91 Å². The predicted molar refractivity (Wildman–Crippen MR) is 106 cm³/mol. The molecule has 0 aliphatic heterocycles. The molecule has 0 saturated heterocycles. The van der Waals surface area contributed by atoms with Crippen molar-refractivity contribution >= 4 is 17.8 Å². The van der Waals surface area contributed by atoms with Gasteiger partial charge in [0.15, 0.2) is 6.04 Å².